The van der Waals surface area contributed by atoms with Gasteiger partial charge in [0.15, 0.2) is 0 Å². The van der Waals surface area contributed by atoms with E-state index in [0.717, 1.165) is 18.5 Å². The van der Waals surface area contributed by atoms with E-state index in [1.165, 1.54) is 0 Å². The van der Waals surface area contributed by atoms with Crippen LogP contribution in [0.4, 0.5) is 0 Å². The molecule has 1 aromatic rings. The number of amides is 1. The van der Waals surface area contributed by atoms with E-state index in [1.807, 2.05) is 36.1 Å². The van der Waals surface area contributed by atoms with E-state index >= 15 is 0 Å². The average molecular weight is 253 g/mol. The maximum atomic E-state index is 12.0. The third kappa shape index (κ3) is 2.45. The van der Waals surface area contributed by atoms with Crippen LogP contribution in [0.1, 0.15) is 32.0 Å². The topological polar surface area (TPSA) is 32.3 Å². The first-order valence-electron chi connectivity index (χ1n) is 5.95. The number of hydrogen-bond donors (Lipinski definition) is 1. The Balaban J connectivity index is 2.27. The van der Waals surface area contributed by atoms with Crippen LogP contribution in [0.5, 0.6) is 0 Å². The molecule has 0 spiro atoms. The minimum Gasteiger partial charge on any atom is -0.322 e. The lowest BCUT2D eigenvalue weighted by Gasteiger charge is -2.24. The lowest BCUT2D eigenvalue weighted by molar-refractivity contribution is -0.129. The minimum atomic E-state index is -0.120. The number of nitrogens with zero attached hydrogens (tertiary/aromatic N) is 1. The van der Waals surface area contributed by atoms with Gasteiger partial charge in [-0.25, -0.2) is 0 Å². The van der Waals surface area contributed by atoms with Gasteiger partial charge in [-0.2, -0.15) is 0 Å². The van der Waals surface area contributed by atoms with Crippen molar-refractivity contribution in [3.8, 4) is 0 Å². The van der Waals surface area contributed by atoms with Crippen molar-refractivity contribution in [3.63, 3.8) is 0 Å². The first-order chi connectivity index (χ1) is 8.13. The molecule has 1 amide bonds. The Bertz CT molecular complexity index is 422. The number of rotatable bonds is 3. The number of nitrogens with one attached hydrogen (secondary N) is 1. The monoisotopic (exact) mass is 252 g/mol. The normalized spacial score (nSPS) is 24.4. The summed E-state index contributed by atoms with van der Waals surface area (Å²) in [6.07, 6.45) is 0.910. The van der Waals surface area contributed by atoms with Gasteiger partial charge < -0.3 is 4.90 Å². The number of benzene rings is 1. The highest BCUT2D eigenvalue weighted by Crippen LogP contribution is 2.26. The van der Waals surface area contributed by atoms with Gasteiger partial charge in [0.2, 0.25) is 5.91 Å². The first-order valence-corrected chi connectivity index (χ1v) is 6.33. The molecule has 0 aliphatic carbocycles. The molecule has 3 nitrogen and oxygen atoms in total. The molecule has 4 heteroatoms. The standard InChI is InChI=1S/C13H17ClN2O/c1-3-7-16-12(15-9(2)13(16)17)10-5-4-6-11(14)8-10/h4-6,8-9,12,15H,3,7H2,1-2H3. The second-order valence-electron chi connectivity index (χ2n) is 4.38. The summed E-state index contributed by atoms with van der Waals surface area (Å²) in [5.41, 5.74) is 1.05. The smallest absolute Gasteiger partial charge is 0.241 e. The number of hydrogen-bond acceptors (Lipinski definition) is 2. The third-order valence-corrected chi connectivity index (χ3v) is 3.24. The molecule has 2 atom stereocenters. The molecule has 1 aromatic carbocycles. The molecule has 0 aromatic heterocycles. The molecule has 2 rings (SSSR count). The zero-order chi connectivity index (χ0) is 12.4. The lowest BCUT2D eigenvalue weighted by Crippen LogP contribution is -2.31. The first kappa shape index (κ1) is 12.4. The van der Waals surface area contributed by atoms with Crippen LogP contribution < -0.4 is 5.32 Å². The van der Waals surface area contributed by atoms with E-state index in [9.17, 15) is 4.79 Å². The highest BCUT2D eigenvalue weighted by atomic mass is 35.5. The van der Waals surface area contributed by atoms with Crippen molar-refractivity contribution in [2.45, 2.75) is 32.5 Å². The Labute approximate surface area is 107 Å². The molecule has 92 valence electrons. The van der Waals surface area contributed by atoms with Crippen LogP contribution in [0.15, 0.2) is 24.3 Å². The minimum absolute atomic E-state index is 0.0452. The van der Waals surface area contributed by atoms with Crippen molar-refractivity contribution < 1.29 is 4.79 Å². The predicted octanol–water partition coefficient (Wildman–Crippen LogP) is 2.57. The van der Waals surface area contributed by atoms with Gasteiger partial charge in [0.05, 0.1) is 6.04 Å². The van der Waals surface area contributed by atoms with E-state index < -0.39 is 0 Å². The number of carbonyl (C=O) groups excluding carboxylic acids is 1. The summed E-state index contributed by atoms with van der Waals surface area (Å²) in [7, 11) is 0. The SMILES string of the molecule is CCCN1C(=O)C(C)NC1c1cccc(Cl)c1. The van der Waals surface area contributed by atoms with Gasteiger partial charge in [-0.1, -0.05) is 30.7 Å². The van der Waals surface area contributed by atoms with Crippen molar-refractivity contribution in [2.75, 3.05) is 6.54 Å². The summed E-state index contributed by atoms with van der Waals surface area (Å²) in [5.74, 6) is 0.164. The zero-order valence-electron chi connectivity index (χ0n) is 10.1. The summed E-state index contributed by atoms with van der Waals surface area (Å²) in [6.45, 7) is 4.74. The van der Waals surface area contributed by atoms with E-state index in [4.69, 9.17) is 11.6 Å². The summed E-state index contributed by atoms with van der Waals surface area (Å²) >= 11 is 5.99. The van der Waals surface area contributed by atoms with Crippen molar-refractivity contribution in [1.29, 1.82) is 0 Å². The molecule has 0 saturated carbocycles. The number of halogens is 1. The Kier molecular flexibility index (Phi) is 3.69. The highest BCUT2D eigenvalue weighted by Gasteiger charge is 2.36. The molecule has 1 aliphatic rings. The number of carbonyl (C=O) groups is 1. The van der Waals surface area contributed by atoms with E-state index in [-0.39, 0.29) is 18.1 Å². The van der Waals surface area contributed by atoms with E-state index in [2.05, 4.69) is 12.2 Å². The van der Waals surface area contributed by atoms with Crippen LogP contribution in [0.25, 0.3) is 0 Å². The van der Waals surface area contributed by atoms with Gasteiger partial charge in [0, 0.05) is 11.6 Å². The molecule has 17 heavy (non-hydrogen) atoms. The molecule has 1 saturated heterocycles. The molecular weight excluding hydrogens is 236 g/mol. The molecule has 0 bridgehead atoms. The molecular formula is C13H17ClN2O. The van der Waals surface area contributed by atoms with Gasteiger partial charge in [-0.3, -0.25) is 10.1 Å². The van der Waals surface area contributed by atoms with Crippen LogP contribution in [-0.2, 0) is 4.79 Å². The van der Waals surface area contributed by atoms with Crippen LogP contribution in [-0.4, -0.2) is 23.4 Å². The molecule has 1 fully saturated rings. The van der Waals surface area contributed by atoms with Crippen LogP contribution in [0.2, 0.25) is 5.02 Å². The second kappa shape index (κ2) is 5.07. The third-order valence-electron chi connectivity index (χ3n) is 3.00. The predicted molar refractivity (Wildman–Crippen MR) is 68.8 cm³/mol. The fourth-order valence-electron chi connectivity index (χ4n) is 2.21. The Morgan fingerprint density at radius 2 is 2.24 bits per heavy atom. The zero-order valence-corrected chi connectivity index (χ0v) is 10.9. The molecule has 2 unspecified atom stereocenters. The summed E-state index contributed by atoms with van der Waals surface area (Å²) in [4.78, 5) is 13.9. The van der Waals surface area contributed by atoms with Gasteiger partial charge in [0.1, 0.15) is 6.17 Å². The average Bonchev–Trinajstić information content (AvgIpc) is 2.58. The largest absolute Gasteiger partial charge is 0.322 e. The molecule has 1 heterocycles. The molecule has 0 radical (unpaired) electrons. The van der Waals surface area contributed by atoms with Crippen molar-refractivity contribution in [3.05, 3.63) is 34.9 Å². The van der Waals surface area contributed by atoms with Gasteiger partial charge in [-0.15, -0.1) is 0 Å². The Morgan fingerprint density at radius 3 is 2.88 bits per heavy atom. The fourth-order valence-corrected chi connectivity index (χ4v) is 2.41. The van der Waals surface area contributed by atoms with Gasteiger partial charge in [0.25, 0.3) is 0 Å². The van der Waals surface area contributed by atoms with Gasteiger partial charge in [-0.05, 0) is 31.0 Å². The van der Waals surface area contributed by atoms with Crippen molar-refractivity contribution in [2.24, 2.45) is 0 Å². The second-order valence-corrected chi connectivity index (χ2v) is 4.81. The van der Waals surface area contributed by atoms with E-state index in [1.54, 1.807) is 0 Å². The van der Waals surface area contributed by atoms with Crippen LogP contribution in [0.3, 0.4) is 0 Å². The fraction of sp³-hybridized carbons (Fsp3) is 0.462. The lowest BCUT2D eigenvalue weighted by atomic mass is 10.1. The maximum Gasteiger partial charge on any atom is 0.241 e. The Hall–Kier alpha value is -1.06. The summed E-state index contributed by atoms with van der Waals surface area (Å²) in [5, 5.41) is 4.00. The summed E-state index contributed by atoms with van der Waals surface area (Å²) in [6, 6.07) is 7.54. The Morgan fingerprint density at radius 1 is 1.47 bits per heavy atom. The van der Waals surface area contributed by atoms with Crippen LogP contribution >= 0.6 is 11.6 Å². The highest BCUT2D eigenvalue weighted by molar-refractivity contribution is 6.30. The van der Waals surface area contributed by atoms with Crippen LogP contribution in [0, 0.1) is 0 Å². The molecule has 1 aliphatic heterocycles. The quantitative estimate of drug-likeness (QED) is 0.897. The van der Waals surface area contributed by atoms with E-state index in [0.29, 0.717) is 5.02 Å². The van der Waals surface area contributed by atoms with Gasteiger partial charge >= 0.3 is 0 Å². The van der Waals surface area contributed by atoms with Crippen molar-refractivity contribution in [1.82, 2.24) is 10.2 Å². The molecule has 1 N–H and O–H groups in total. The summed E-state index contributed by atoms with van der Waals surface area (Å²) < 4.78 is 0. The maximum absolute atomic E-state index is 12.0. The van der Waals surface area contributed by atoms with Crippen molar-refractivity contribution >= 4 is 17.5 Å².